The largest absolute Gasteiger partial charge is 0.508 e. The van der Waals surface area contributed by atoms with Crippen LogP contribution in [0, 0.1) is 17.8 Å². The number of carbonyl (C=O) groups excluding carboxylic acids is 6. The van der Waals surface area contributed by atoms with Gasteiger partial charge in [-0.05, 0) is 68.7 Å². The standard InChI is InChI=1S/C57H97N9O16/c1-8-31(2)25-32(3)15-13-11-9-10-12-14-16-43(72)59-39-27-42(71)55(82-30-36-22-24-66(36,6)7)63-54(79)47-48(73)33(4)28-65(47)57(81)45(41(70)21-23-58)61-53(78)46(50(75)49(74)35-17-19-37(68)20-18-35)62-52(77)40-26-38(69)29-64(40)56(80)44(34(5)67)60-51(39)76/h17-20,31-34,36,38-42,44-50,55-56,67,69-71,73-75,80H,8-16,21-30,58H2,1-7H3,(H5-,59,60,61,62,63,68,72,76,77,78,79)/p+1/t31-,32+,33-,34+,36-,38+,39-,40-,41+,42+,44-,45-,46-,47-,48-,49-,50-,55+,56?/m0/s1. The molecule has 25 nitrogen and oxygen atoms in total. The Morgan fingerprint density at radius 3 is 2.06 bits per heavy atom. The normalized spacial score (nSPS) is 32.0. The van der Waals surface area contributed by atoms with Gasteiger partial charge >= 0.3 is 0 Å². The summed E-state index contributed by atoms with van der Waals surface area (Å²) in [5.74, 6) is -5.93. The number of unbranched alkanes of at least 4 members (excludes halogenated alkanes) is 5. The third-order valence-corrected chi connectivity index (χ3v) is 17.4. The van der Waals surface area contributed by atoms with Crippen LogP contribution in [0.15, 0.2) is 24.3 Å². The van der Waals surface area contributed by atoms with Gasteiger partial charge in [-0.3, -0.25) is 33.7 Å². The Bertz CT molecular complexity index is 2230. The van der Waals surface area contributed by atoms with Gasteiger partial charge in [0.1, 0.15) is 67.1 Å². The summed E-state index contributed by atoms with van der Waals surface area (Å²) < 4.78 is 6.80. The summed E-state index contributed by atoms with van der Waals surface area (Å²) in [6.45, 7) is 9.32. The second-order valence-corrected chi connectivity index (χ2v) is 24.5. The average Bonchev–Trinajstić information content (AvgIpc) is 4.08. The van der Waals surface area contributed by atoms with E-state index < -0.39 is 152 Å². The molecule has 1 aromatic rings. The zero-order valence-corrected chi connectivity index (χ0v) is 49.0. The van der Waals surface area contributed by atoms with Gasteiger partial charge in [0.15, 0.2) is 6.23 Å². The second kappa shape index (κ2) is 31.5. The molecule has 6 amide bonds. The number of rotatable bonds is 23. The first kappa shape index (κ1) is 68.1. The maximum absolute atomic E-state index is 14.9. The number of quaternary nitrogens is 1. The minimum absolute atomic E-state index is 0.0102. The van der Waals surface area contributed by atoms with Crippen molar-refractivity contribution in [2.24, 2.45) is 23.5 Å². The highest BCUT2D eigenvalue weighted by Crippen LogP contribution is 2.30. The van der Waals surface area contributed by atoms with Crippen molar-refractivity contribution in [2.45, 2.75) is 222 Å². The van der Waals surface area contributed by atoms with Gasteiger partial charge < -0.3 is 92.4 Å². The van der Waals surface area contributed by atoms with Gasteiger partial charge in [0, 0.05) is 31.8 Å². The van der Waals surface area contributed by atoms with E-state index >= 15 is 0 Å². The Labute approximate surface area is 482 Å². The zero-order valence-electron chi connectivity index (χ0n) is 49.0. The Kier molecular flexibility index (Phi) is 26.2. The van der Waals surface area contributed by atoms with Gasteiger partial charge in [0.25, 0.3) is 0 Å². The average molecular weight is 1170 g/mol. The van der Waals surface area contributed by atoms with Crippen molar-refractivity contribution in [1.82, 2.24) is 36.4 Å². The lowest BCUT2D eigenvalue weighted by Gasteiger charge is -2.47. The smallest absolute Gasteiger partial charge is 0.248 e. The second-order valence-electron chi connectivity index (χ2n) is 24.5. The van der Waals surface area contributed by atoms with Crippen molar-refractivity contribution in [3.8, 4) is 5.75 Å². The lowest BCUT2D eigenvalue weighted by Crippen LogP contribution is -2.65. The number of phenolic OH excluding ortho intramolecular Hbond substituents is 1. The molecule has 0 radical (unpaired) electrons. The lowest BCUT2D eigenvalue weighted by molar-refractivity contribution is -0.955. The molecule has 0 saturated carbocycles. The Balaban J connectivity index is 1.53. The van der Waals surface area contributed by atoms with E-state index in [1.165, 1.54) is 37.6 Å². The molecule has 4 fully saturated rings. The summed E-state index contributed by atoms with van der Waals surface area (Å²) in [5, 5.41) is 116. The van der Waals surface area contributed by atoms with Crippen LogP contribution in [0.25, 0.3) is 0 Å². The number of phenols is 1. The minimum Gasteiger partial charge on any atom is -0.508 e. The minimum atomic E-state index is -2.26. The zero-order chi connectivity index (χ0) is 60.7. The molecule has 466 valence electrons. The summed E-state index contributed by atoms with van der Waals surface area (Å²) in [5.41, 5.74) is 5.78. The van der Waals surface area contributed by atoms with Crippen LogP contribution in [0.3, 0.4) is 0 Å². The molecule has 0 spiro atoms. The van der Waals surface area contributed by atoms with E-state index in [1.54, 1.807) is 6.92 Å². The number of benzene rings is 1. The predicted octanol–water partition coefficient (Wildman–Crippen LogP) is -1.96. The number of nitrogens with one attached hydrogen (secondary N) is 5. The third-order valence-electron chi connectivity index (χ3n) is 17.4. The van der Waals surface area contributed by atoms with Crippen molar-refractivity contribution in [3.05, 3.63) is 29.8 Å². The molecule has 4 heterocycles. The van der Waals surface area contributed by atoms with Gasteiger partial charge in [-0.2, -0.15) is 0 Å². The number of aliphatic hydroxyl groups is 8. The van der Waals surface area contributed by atoms with Gasteiger partial charge in [0.2, 0.25) is 35.4 Å². The first-order valence-electron chi connectivity index (χ1n) is 29.6. The van der Waals surface area contributed by atoms with Crippen LogP contribution in [-0.2, 0) is 33.5 Å². The van der Waals surface area contributed by atoms with Crippen LogP contribution < -0.4 is 32.3 Å². The number of likely N-dealkylation sites (N-methyl/N-ethyl adjacent to an activating group) is 1. The number of fused-ring (bicyclic) bond motifs is 2. The van der Waals surface area contributed by atoms with E-state index in [9.17, 15) is 74.7 Å². The number of nitrogens with zero attached hydrogens (tertiary/aromatic N) is 3. The summed E-state index contributed by atoms with van der Waals surface area (Å²) in [7, 11) is 3.93. The van der Waals surface area contributed by atoms with Crippen LogP contribution >= 0.6 is 0 Å². The van der Waals surface area contributed by atoms with E-state index in [1.807, 2.05) is 14.1 Å². The van der Waals surface area contributed by atoms with Gasteiger partial charge in [-0.25, -0.2) is 0 Å². The summed E-state index contributed by atoms with van der Waals surface area (Å²) in [6.07, 6.45) is -7.98. The summed E-state index contributed by atoms with van der Waals surface area (Å²) >= 11 is 0. The fourth-order valence-electron chi connectivity index (χ4n) is 11.7. The molecule has 25 heteroatoms. The molecule has 5 rings (SSSR count). The molecular weight excluding hydrogens is 1070 g/mol. The predicted molar refractivity (Wildman–Crippen MR) is 300 cm³/mol. The number of aromatic hydroxyl groups is 1. The number of likely N-dealkylation sites (tertiary alicyclic amines) is 1. The highest BCUT2D eigenvalue weighted by Gasteiger charge is 2.51. The SMILES string of the molecule is CC[C@H](C)C[C@H](C)CCCCCCCCC(=O)N[C@H]1C[C@@H](O)[C@@H](OC[C@@H]2CC[N+]2(C)C)NC(=O)[C@@H]2[C@@H](O)[C@@H](C)CN2C(=O)[C@H]([C@H](O)CCN)NC(=O)[C@H]([C@H](O)[C@@H](O)c2ccc(O)cc2)NC(=O)[C@@H]2C[C@@H](O)CN2C(O)[C@H]([C@@H](C)O)NC1=O. The highest BCUT2D eigenvalue weighted by atomic mass is 16.5. The number of carbonyl (C=O) groups is 6. The number of ether oxygens (including phenoxy) is 1. The summed E-state index contributed by atoms with van der Waals surface area (Å²) in [4.78, 5) is 89.3. The molecular formula is C57H98N9O16+. The number of amides is 6. The maximum atomic E-state index is 14.9. The Morgan fingerprint density at radius 1 is 0.805 bits per heavy atom. The van der Waals surface area contributed by atoms with Crippen LogP contribution in [0.1, 0.15) is 136 Å². The molecule has 1 unspecified atom stereocenters. The van der Waals surface area contributed by atoms with Gasteiger partial charge in [-0.15, -0.1) is 0 Å². The van der Waals surface area contributed by atoms with Crippen LogP contribution in [0.5, 0.6) is 5.75 Å². The Morgan fingerprint density at radius 2 is 1.45 bits per heavy atom. The van der Waals surface area contributed by atoms with Crippen LogP contribution in [0.2, 0.25) is 0 Å². The molecule has 1 aromatic carbocycles. The fourth-order valence-corrected chi connectivity index (χ4v) is 11.7. The molecule has 0 aliphatic carbocycles. The maximum Gasteiger partial charge on any atom is 0.248 e. The van der Waals surface area contributed by atoms with E-state index in [2.05, 4.69) is 47.4 Å². The molecule has 82 heavy (non-hydrogen) atoms. The molecule has 0 bridgehead atoms. The Hall–Kier alpha value is -4.64. The van der Waals surface area contributed by atoms with Crippen LogP contribution in [0.4, 0.5) is 0 Å². The number of nitrogens with two attached hydrogens (primary N) is 1. The van der Waals surface area contributed by atoms with E-state index in [-0.39, 0.29) is 49.9 Å². The topological polar surface area (TPSA) is 386 Å². The van der Waals surface area contributed by atoms with Crippen molar-refractivity contribution in [3.63, 3.8) is 0 Å². The van der Waals surface area contributed by atoms with Crippen molar-refractivity contribution in [1.29, 1.82) is 0 Å². The van der Waals surface area contributed by atoms with Crippen molar-refractivity contribution >= 4 is 35.4 Å². The van der Waals surface area contributed by atoms with E-state index in [0.717, 1.165) is 61.3 Å². The van der Waals surface area contributed by atoms with Crippen molar-refractivity contribution in [2.75, 3.05) is 46.9 Å². The number of aliphatic hydroxyl groups excluding tert-OH is 8. The summed E-state index contributed by atoms with van der Waals surface area (Å²) in [6, 6.07) is -6.15. The molecule has 4 aliphatic heterocycles. The first-order chi connectivity index (χ1) is 38.7. The molecule has 4 aliphatic rings. The monoisotopic (exact) mass is 1160 g/mol. The van der Waals surface area contributed by atoms with E-state index in [0.29, 0.717) is 29.2 Å². The molecule has 4 saturated heterocycles. The highest BCUT2D eigenvalue weighted by molar-refractivity contribution is 5.96. The molecule has 16 N–H and O–H groups in total. The lowest BCUT2D eigenvalue weighted by atomic mass is 9.91. The van der Waals surface area contributed by atoms with E-state index in [4.69, 9.17) is 10.5 Å². The molecule has 0 aromatic heterocycles. The quantitative estimate of drug-likeness (QED) is 0.0418. The third kappa shape index (κ3) is 18.4. The van der Waals surface area contributed by atoms with Crippen LogP contribution in [-0.4, -0.2) is 234 Å². The van der Waals surface area contributed by atoms with Gasteiger partial charge in [-0.1, -0.05) is 84.8 Å². The van der Waals surface area contributed by atoms with Gasteiger partial charge in [0.05, 0.1) is 63.6 Å². The number of hydrogen-bond acceptors (Lipinski definition) is 18. The number of hydrogen-bond donors (Lipinski definition) is 15. The molecule has 19 atom stereocenters. The fraction of sp³-hybridized carbons (Fsp3) is 0.789. The van der Waals surface area contributed by atoms with Crippen molar-refractivity contribution < 1.29 is 83.9 Å². The first-order valence-corrected chi connectivity index (χ1v) is 29.6.